The van der Waals surface area contributed by atoms with Crippen LogP contribution in [0.15, 0.2) is 72.8 Å². The highest BCUT2D eigenvalue weighted by Gasteiger charge is 2.35. The van der Waals surface area contributed by atoms with Crippen LogP contribution in [0.5, 0.6) is 5.75 Å². The maximum atomic E-state index is 13.3. The average Bonchev–Trinajstić information content (AvgIpc) is 3.16. The van der Waals surface area contributed by atoms with Crippen LogP contribution < -0.4 is 4.74 Å². The highest BCUT2D eigenvalue weighted by atomic mass is 16.5. The van der Waals surface area contributed by atoms with E-state index in [2.05, 4.69) is 45.0 Å². The third-order valence-corrected chi connectivity index (χ3v) is 6.58. The molecule has 5 nitrogen and oxygen atoms in total. The van der Waals surface area contributed by atoms with E-state index in [1.807, 2.05) is 42.5 Å². The molecule has 0 saturated heterocycles. The van der Waals surface area contributed by atoms with Crippen LogP contribution in [-0.4, -0.2) is 40.6 Å². The van der Waals surface area contributed by atoms with Gasteiger partial charge in [0.1, 0.15) is 17.9 Å². The molecule has 3 aromatic rings. The second-order valence-electron chi connectivity index (χ2n) is 9.98. The number of aliphatic carboxylic acids is 1. The normalized spacial score (nSPS) is 16.6. The van der Waals surface area contributed by atoms with E-state index in [9.17, 15) is 14.7 Å². The van der Waals surface area contributed by atoms with Gasteiger partial charge in [-0.15, -0.1) is 0 Å². The summed E-state index contributed by atoms with van der Waals surface area (Å²) >= 11 is 0. The number of carboxylic acids is 1. The summed E-state index contributed by atoms with van der Waals surface area (Å²) in [6.07, 6.45) is 2.06. The Morgan fingerprint density at radius 2 is 1.71 bits per heavy atom. The predicted molar refractivity (Wildman–Crippen MR) is 137 cm³/mol. The van der Waals surface area contributed by atoms with E-state index in [-0.39, 0.29) is 12.5 Å². The summed E-state index contributed by atoms with van der Waals surface area (Å²) in [6, 6.07) is 23.9. The van der Waals surface area contributed by atoms with Gasteiger partial charge in [0.25, 0.3) is 5.91 Å². The van der Waals surface area contributed by atoms with Crippen molar-refractivity contribution in [2.45, 2.75) is 51.6 Å². The Bertz CT molecular complexity index is 1190. The van der Waals surface area contributed by atoms with Gasteiger partial charge in [0.05, 0.1) is 0 Å². The van der Waals surface area contributed by atoms with Gasteiger partial charge in [-0.1, -0.05) is 68.4 Å². The number of ether oxygens (including phenoxy) is 1. The summed E-state index contributed by atoms with van der Waals surface area (Å²) in [5, 5.41) is 9.37. The fraction of sp³-hybridized carbons (Fsp3) is 0.333. The first-order chi connectivity index (χ1) is 16.7. The van der Waals surface area contributed by atoms with Gasteiger partial charge in [-0.05, 0) is 59.7 Å². The smallest absolute Gasteiger partial charge is 0.323 e. The molecule has 0 bridgehead atoms. The number of hydrogen-bond donors (Lipinski definition) is 1. The van der Waals surface area contributed by atoms with Crippen molar-refractivity contribution in [3.05, 3.63) is 101 Å². The molecule has 0 fully saturated rings. The number of carbonyl (C=O) groups excluding carboxylic acids is 1. The number of nitrogens with zero attached hydrogens (tertiary/aromatic N) is 1. The van der Waals surface area contributed by atoms with E-state index >= 15 is 0 Å². The number of hydrogen-bond acceptors (Lipinski definition) is 3. The van der Waals surface area contributed by atoms with Crippen molar-refractivity contribution in [2.24, 2.45) is 0 Å². The first-order valence-corrected chi connectivity index (χ1v) is 12.2. The van der Waals surface area contributed by atoms with E-state index in [0.717, 1.165) is 23.3 Å². The van der Waals surface area contributed by atoms with E-state index in [4.69, 9.17) is 4.74 Å². The lowest BCUT2D eigenvalue weighted by Crippen LogP contribution is -2.37. The van der Waals surface area contributed by atoms with Crippen molar-refractivity contribution < 1.29 is 19.4 Å². The molecule has 0 saturated carbocycles. The fourth-order valence-corrected chi connectivity index (χ4v) is 4.71. The standard InChI is InChI=1S/C30H33NO4/c1-21(2)24-11-9-23(10-12-24)18-30(3)19-26-17-25(13-14-27(26)35-30)29(34)31(20-28(32)33)16-15-22-7-5-4-6-8-22/h4-14,17,21H,15-16,18-20H2,1-3H3,(H,32,33)/t30-/m0/s1. The molecule has 1 aliphatic heterocycles. The zero-order valence-corrected chi connectivity index (χ0v) is 20.7. The van der Waals surface area contributed by atoms with Crippen LogP contribution >= 0.6 is 0 Å². The van der Waals surface area contributed by atoms with Crippen molar-refractivity contribution >= 4 is 11.9 Å². The Kier molecular flexibility index (Phi) is 7.25. The third kappa shape index (κ3) is 6.10. The first-order valence-electron chi connectivity index (χ1n) is 12.2. The van der Waals surface area contributed by atoms with Gasteiger partial charge in [0, 0.05) is 24.9 Å². The van der Waals surface area contributed by atoms with Crippen LogP contribution in [0.25, 0.3) is 0 Å². The van der Waals surface area contributed by atoms with Gasteiger partial charge in [-0.25, -0.2) is 0 Å². The Labute approximate surface area is 207 Å². The molecule has 5 heteroatoms. The molecule has 0 aliphatic carbocycles. The Morgan fingerprint density at radius 3 is 2.37 bits per heavy atom. The van der Waals surface area contributed by atoms with Gasteiger partial charge < -0.3 is 14.7 Å². The lowest BCUT2D eigenvalue weighted by atomic mass is 9.90. The molecule has 1 atom stereocenters. The minimum atomic E-state index is -1.02. The summed E-state index contributed by atoms with van der Waals surface area (Å²) in [7, 11) is 0. The monoisotopic (exact) mass is 471 g/mol. The molecule has 1 aliphatic rings. The van der Waals surface area contributed by atoms with Gasteiger partial charge in [-0.2, -0.15) is 0 Å². The number of carboxylic acid groups (broad SMARTS) is 1. The summed E-state index contributed by atoms with van der Waals surface area (Å²) < 4.78 is 6.32. The Balaban J connectivity index is 1.46. The molecule has 1 amide bonds. The average molecular weight is 472 g/mol. The molecule has 182 valence electrons. The molecule has 0 aromatic heterocycles. The predicted octanol–water partition coefficient (Wildman–Crippen LogP) is 5.52. The van der Waals surface area contributed by atoms with E-state index in [0.29, 0.717) is 30.9 Å². The minimum Gasteiger partial charge on any atom is -0.487 e. The van der Waals surface area contributed by atoms with E-state index in [1.165, 1.54) is 16.0 Å². The Morgan fingerprint density at radius 1 is 1.00 bits per heavy atom. The maximum Gasteiger partial charge on any atom is 0.323 e. The second kappa shape index (κ2) is 10.3. The second-order valence-corrected chi connectivity index (χ2v) is 9.98. The number of carbonyl (C=O) groups is 2. The van der Waals surface area contributed by atoms with E-state index < -0.39 is 11.6 Å². The molecule has 0 spiro atoms. The molecule has 35 heavy (non-hydrogen) atoms. The molecule has 0 unspecified atom stereocenters. The number of fused-ring (bicyclic) bond motifs is 1. The third-order valence-electron chi connectivity index (χ3n) is 6.58. The molecular weight excluding hydrogens is 438 g/mol. The molecule has 3 aromatic carbocycles. The summed E-state index contributed by atoms with van der Waals surface area (Å²) in [5.41, 5.74) is 4.68. The minimum absolute atomic E-state index is 0.274. The molecule has 0 radical (unpaired) electrons. The highest BCUT2D eigenvalue weighted by molar-refractivity contribution is 5.96. The molecule has 4 rings (SSSR count). The molecule has 1 N–H and O–H groups in total. The van der Waals surface area contributed by atoms with Crippen molar-refractivity contribution in [3.8, 4) is 5.75 Å². The van der Waals surface area contributed by atoms with Gasteiger partial charge in [-0.3, -0.25) is 9.59 Å². The molecular formula is C30H33NO4. The summed E-state index contributed by atoms with van der Waals surface area (Å²) in [6.45, 7) is 6.48. The Hall–Kier alpha value is -3.60. The van der Waals surface area contributed by atoms with Gasteiger partial charge in [0.2, 0.25) is 0 Å². The first kappa shape index (κ1) is 24.5. The summed E-state index contributed by atoms with van der Waals surface area (Å²) in [4.78, 5) is 26.1. The van der Waals surface area contributed by atoms with Crippen LogP contribution in [-0.2, 0) is 24.1 Å². The lowest BCUT2D eigenvalue weighted by Gasteiger charge is -2.24. The maximum absolute atomic E-state index is 13.3. The van der Waals surface area contributed by atoms with Crippen LogP contribution in [0.1, 0.15) is 59.3 Å². The van der Waals surface area contributed by atoms with Crippen molar-refractivity contribution in [1.82, 2.24) is 4.90 Å². The largest absolute Gasteiger partial charge is 0.487 e. The fourth-order valence-electron chi connectivity index (χ4n) is 4.71. The van der Waals surface area contributed by atoms with Crippen molar-refractivity contribution in [3.63, 3.8) is 0 Å². The van der Waals surface area contributed by atoms with Crippen LogP contribution in [0, 0.1) is 0 Å². The highest BCUT2D eigenvalue weighted by Crippen LogP contribution is 2.37. The van der Waals surface area contributed by atoms with Crippen LogP contribution in [0.2, 0.25) is 0 Å². The van der Waals surface area contributed by atoms with Gasteiger partial charge >= 0.3 is 5.97 Å². The van der Waals surface area contributed by atoms with Crippen LogP contribution in [0.3, 0.4) is 0 Å². The van der Waals surface area contributed by atoms with Crippen molar-refractivity contribution in [2.75, 3.05) is 13.1 Å². The number of rotatable bonds is 9. The zero-order valence-electron chi connectivity index (χ0n) is 20.7. The molecule has 1 heterocycles. The van der Waals surface area contributed by atoms with Crippen LogP contribution in [0.4, 0.5) is 0 Å². The summed E-state index contributed by atoms with van der Waals surface area (Å²) in [5.74, 6) is -0.0103. The number of benzene rings is 3. The van der Waals surface area contributed by atoms with Crippen molar-refractivity contribution in [1.29, 1.82) is 0 Å². The quantitative estimate of drug-likeness (QED) is 0.447. The SMILES string of the molecule is CC(C)c1ccc(C[C@@]2(C)Cc3cc(C(=O)N(CCc4ccccc4)CC(=O)O)ccc3O2)cc1. The number of amides is 1. The zero-order chi connectivity index (χ0) is 25.0. The van der Waals surface area contributed by atoms with E-state index in [1.54, 1.807) is 6.07 Å². The topological polar surface area (TPSA) is 66.8 Å². The lowest BCUT2D eigenvalue weighted by molar-refractivity contribution is -0.137. The van der Waals surface area contributed by atoms with Gasteiger partial charge in [0.15, 0.2) is 0 Å².